The molecule has 0 amide bonds. The van der Waals surface area contributed by atoms with E-state index in [4.69, 9.17) is 0 Å². The zero-order valence-corrected chi connectivity index (χ0v) is 12.2. The summed E-state index contributed by atoms with van der Waals surface area (Å²) >= 11 is 0. The number of unbranched alkanes of at least 4 members (excludes halogenated alkanes) is 2. The molecule has 1 aliphatic carbocycles. The molecule has 0 heterocycles. The highest BCUT2D eigenvalue weighted by Crippen LogP contribution is 2.37. The monoisotopic (exact) mass is 258 g/mol. The second kappa shape index (κ2) is 6.88. The van der Waals surface area contributed by atoms with E-state index in [1.807, 2.05) is 0 Å². The first-order valence-electron chi connectivity index (χ1n) is 7.86. The summed E-state index contributed by atoms with van der Waals surface area (Å²) in [5.74, 6) is 0. The van der Waals surface area contributed by atoms with Gasteiger partial charge in [-0.1, -0.05) is 63.3 Å². The Balaban J connectivity index is 2.05. The summed E-state index contributed by atoms with van der Waals surface area (Å²) in [7, 11) is 0. The van der Waals surface area contributed by atoms with E-state index in [-0.39, 0.29) is 5.41 Å². The topological polar surface area (TPSA) is 17.1 Å². The van der Waals surface area contributed by atoms with Crippen molar-refractivity contribution in [3.05, 3.63) is 35.4 Å². The minimum absolute atomic E-state index is 0.180. The molecule has 2 rings (SSSR count). The molecule has 0 radical (unpaired) electrons. The molecule has 1 heteroatoms. The van der Waals surface area contributed by atoms with Crippen LogP contribution >= 0.6 is 0 Å². The predicted octanol–water partition coefficient (Wildman–Crippen LogP) is 4.82. The maximum Gasteiger partial charge on any atom is 0.130 e. The van der Waals surface area contributed by atoms with Gasteiger partial charge in [-0.2, -0.15) is 0 Å². The van der Waals surface area contributed by atoms with Crippen LogP contribution < -0.4 is 0 Å². The molecule has 0 aliphatic heterocycles. The normalized spacial score (nSPS) is 18.2. The van der Waals surface area contributed by atoms with Gasteiger partial charge in [-0.05, 0) is 36.8 Å². The average molecular weight is 258 g/mol. The lowest BCUT2D eigenvalue weighted by Gasteiger charge is -2.32. The number of carbonyl (C=O) groups excluding carboxylic acids is 1. The fraction of sp³-hybridized carbons (Fsp3) is 0.611. The lowest BCUT2D eigenvalue weighted by atomic mass is 9.70. The van der Waals surface area contributed by atoms with E-state index < -0.39 is 0 Å². The number of hydrogen-bond acceptors (Lipinski definition) is 1. The Bertz CT molecular complexity index is 385. The summed E-state index contributed by atoms with van der Waals surface area (Å²) in [5, 5.41) is 0. The second-order valence-corrected chi connectivity index (χ2v) is 5.99. The highest BCUT2D eigenvalue weighted by molar-refractivity contribution is 5.68. The van der Waals surface area contributed by atoms with Crippen LogP contribution in [0.3, 0.4) is 0 Å². The standard InChI is InChI=1S/C18H26O/c1-2-3-5-8-16-9-11-17(12-10-16)18(15-19)13-6-4-7-14-18/h9-12,15H,2-8,13-14H2,1H3. The third-order valence-electron chi connectivity index (χ3n) is 4.57. The van der Waals surface area contributed by atoms with E-state index in [0.29, 0.717) is 0 Å². The molecule has 1 saturated carbocycles. The van der Waals surface area contributed by atoms with E-state index in [0.717, 1.165) is 12.8 Å². The fourth-order valence-electron chi connectivity index (χ4n) is 3.24. The van der Waals surface area contributed by atoms with Crippen molar-refractivity contribution in [3.8, 4) is 0 Å². The number of hydrogen-bond donors (Lipinski definition) is 0. The van der Waals surface area contributed by atoms with Crippen molar-refractivity contribution < 1.29 is 4.79 Å². The van der Waals surface area contributed by atoms with Crippen molar-refractivity contribution in [2.45, 2.75) is 70.1 Å². The Morgan fingerprint density at radius 2 is 1.74 bits per heavy atom. The molecule has 0 saturated heterocycles. The van der Waals surface area contributed by atoms with Gasteiger partial charge in [0.1, 0.15) is 6.29 Å². The van der Waals surface area contributed by atoms with Crippen molar-refractivity contribution in [2.24, 2.45) is 0 Å². The molecular formula is C18H26O. The van der Waals surface area contributed by atoms with Gasteiger partial charge in [0.2, 0.25) is 0 Å². The maximum absolute atomic E-state index is 11.6. The van der Waals surface area contributed by atoms with Gasteiger partial charge in [-0.25, -0.2) is 0 Å². The van der Waals surface area contributed by atoms with Crippen molar-refractivity contribution in [3.63, 3.8) is 0 Å². The summed E-state index contributed by atoms with van der Waals surface area (Å²) < 4.78 is 0. The predicted molar refractivity (Wildman–Crippen MR) is 80.5 cm³/mol. The van der Waals surface area contributed by atoms with E-state index in [2.05, 4.69) is 31.2 Å². The van der Waals surface area contributed by atoms with Gasteiger partial charge in [0.05, 0.1) is 5.41 Å². The lowest BCUT2D eigenvalue weighted by molar-refractivity contribution is -0.113. The number of aryl methyl sites for hydroxylation is 1. The molecule has 1 nitrogen and oxygen atoms in total. The van der Waals surface area contributed by atoms with Crippen LogP contribution in [0.15, 0.2) is 24.3 Å². The maximum atomic E-state index is 11.6. The molecule has 0 atom stereocenters. The molecule has 0 spiro atoms. The average Bonchev–Trinajstić information content (AvgIpc) is 2.49. The van der Waals surface area contributed by atoms with Gasteiger partial charge in [-0.15, -0.1) is 0 Å². The van der Waals surface area contributed by atoms with Gasteiger partial charge >= 0.3 is 0 Å². The van der Waals surface area contributed by atoms with Gasteiger partial charge in [-0.3, -0.25) is 0 Å². The minimum Gasteiger partial charge on any atom is -0.302 e. The molecule has 1 aromatic carbocycles. The van der Waals surface area contributed by atoms with Gasteiger partial charge in [0, 0.05) is 0 Å². The van der Waals surface area contributed by atoms with Crippen molar-refractivity contribution >= 4 is 6.29 Å². The van der Waals surface area contributed by atoms with E-state index in [1.165, 1.54) is 62.4 Å². The molecular weight excluding hydrogens is 232 g/mol. The van der Waals surface area contributed by atoms with Crippen LogP contribution in [0.4, 0.5) is 0 Å². The first-order valence-corrected chi connectivity index (χ1v) is 7.86. The Hall–Kier alpha value is -1.11. The molecule has 104 valence electrons. The van der Waals surface area contributed by atoms with Gasteiger partial charge in [0.25, 0.3) is 0 Å². The van der Waals surface area contributed by atoms with Crippen LogP contribution in [-0.2, 0) is 16.6 Å². The molecule has 1 aromatic rings. The Labute approximate surface area is 117 Å². The number of benzene rings is 1. The van der Waals surface area contributed by atoms with Crippen LogP contribution in [0.1, 0.15) is 69.4 Å². The van der Waals surface area contributed by atoms with Crippen molar-refractivity contribution in [1.82, 2.24) is 0 Å². The highest BCUT2D eigenvalue weighted by Gasteiger charge is 2.33. The van der Waals surface area contributed by atoms with E-state index >= 15 is 0 Å². The summed E-state index contributed by atoms with van der Waals surface area (Å²) in [4.78, 5) is 11.6. The third kappa shape index (κ3) is 3.46. The van der Waals surface area contributed by atoms with E-state index in [1.54, 1.807) is 0 Å². The van der Waals surface area contributed by atoms with Crippen LogP contribution in [0.25, 0.3) is 0 Å². The van der Waals surface area contributed by atoms with Crippen molar-refractivity contribution in [2.75, 3.05) is 0 Å². The Kier molecular flexibility index (Phi) is 5.18. The molecule has 0 bridgehead atoms. The molecule has 19 heavy (non-hydrogen) atoms. The Morgan fingerprint density at radius 3 is 2.32 bits per heavy atom. The number of aldehydes is 1. The summed E-state index contributed by atoms with van der Waals surface area (Å²) in [6.45, 7) is 2.24. The minimum atomic E-state index is -0.180. The zero-order valence-electron chi connectivity index (χ0n) is 12.2. The van der Waals surface area contributed by atoms with Gasteiger partial charge < -0.3 is 4.79 Å². The van der Waals surface area contributed by atoms with Crippen LogP contribution in [0.2, 0.25) is 0 Å². The first-order chi connectivity index (χ1) is 9.30. The summed E-state index contributed by atoms with van der Waals surface area (Å²) in [6, 6.07) is 8.84. The first kappa shape index (κ1) is 14.3. The molecule has 1 aliphatic rings. The fourth-order valence-corrected chi connectivity index (χ4v) is 3.24. The molecule has 0 unspecified atom stereocenters. The highest BCUT2D eigenvalue weighted by atomic mass is 16.1. The zero-order chi connectivity index (χ0) is 13.6. The summed E-state index contributed by atoms with van der Waals surface area (Å²) in [5.41, 5.74) is 2.47. The molecule has 0 aromatic heterocycles. The molecule has 1 fully saturated rings. The van der Waals surface area contributed by atoms with Crippen LogP contribution in [0.5, 0.6) is 0 Å². The second-order valence-electron chi connectivity index (χ2n) is 5.99. The third-order valence-corrected chi connectivity index (χ3v) is 4.57. The van der Waals surface area contributed by atoms with Crippen LogP contribution in [0, 0.1) is 0 Å². The van der Waals surface area contributed by atoms with Gasteiger partial charge in [0.15, 0.2) is 0 Å². The number of rotatable bonds is 6. The van der Waals surface area contributed by atoms with E-state index in [9.17, 15) is 4.79 Å². The quantitative estimate of drug-likeness (QED) is 0.528. The Morgan fingerprint density at radius 1 is 1.05 bits per heavy atom. The largest absolute Gasteiger partial charge is 0.302 e. The number of carbonyl (C=O) groups is 1. The smallest absolute Gasteiger partial charge is 0.130 e. The van der Waals surface area contributed by atoms with Crippen molar-refractivity contribution in [1.29, 1.82) is 0 Å². The SMILES string of the molecule is CCCCCc1ccc(C2(C=O)CCCCC2)cc1. The summed E-state index contributed by atoms with van der Waals surface area (Å²) in [6.07, 6.45) is 12.0. The lowest BCUT2D eigenvalue weighted by Crippen LogP contribution is -2.30. The van der Waals surface area contributed by atoms with Crippen LogP contribution in [-0.4, -0.2) is 6.29 Å². The molecule has 0 N–H and O–H groups in total.